The standard InChI is InChI=1S/C5H12N2.2HI/c1-6-3-4-7(2)5-6;;/h3-5H2,1-2H3;2*1H. The highest BCUT2D eigenvalue weighted by Crippen LogP contribution is 1.95. The Balaban J connectivity index is 0. The Morgan fingerprint density at radius 1 is 0.889 bits per heavy atom. The number of likely N-dealkylation sites (N-methyl/N-ethyl adjacent to an activating group) is 2. The molecule has 0 spiro atoms. The van der Waals surface area contributed by atoms with Crippen LogP contribution in [0.15, 0.2) is 0 Å². The molecular weight excluding hydrogens is 342 g/mol. The van der Waals surface area contributed by atoms with E-state index >= 15 is 0 Å². The van der Waals surface area contributed by atoms with Gasteiger partial charge in [0.05, 0.1) is 6.67 Å². The van der Waals surface area contributed by atoms with Gasteiger partial charge in [-0.3, -0.25) is 9.80 Å². The van der Waals surface area contributed by atoms with Crippen LogP contribution in [0, 0.1) is 0 Å². The largest absolute Gasteiger partial charge is 0.292 e. The van der Waals surface area contributed by atoms with Gasteiger partial charge in [0.15, 0.2) is 0 Å². The minimum atomic E-state index is 0. The molecule has 0 aromatic heterocycles. The van der Waals surface area contributed by atoms with Crippen LogP contribution in [0.25, 0.3) is 0 Å². The van der Waals surface area contributed by atoms with Crippen molar-refractivity contribution in [3.63, 3.8) is 0 Å². The molecule has 4 heteroatoms. The van der Waals surface area contributed by atoms with Gasteiger partial charge in [0.2, 0.25) is 0 Å². The molecule has 1 aliphatic rings. The highest BCUT2D eigenvalue weighted by molar-refractivity contribution is 14.0. The monoisotopic (exact) mass is 356 g/mol. The molecule has 0 saturated carbocycles. The van der Waals surface area contributed by atoms with Crippen LogP contribution in [0.2, 0.25) is 0 Å². The van der Waals surface area contributed by atoms with Crippen molar-refractivity contribution in [2.75, 3.05) is 33.9 Å². The smallest absolute Gasteiger partial charge is 0.0501 e. The first-order valence-electron chi connectivity index (χ1n) is 2.66. The van der Waals surface area contributed by atoms with E-state index in [1.54, 1.807) is 0 Å². The highest BCUT2D eigenvalue weighted by atomic mass is 127. The fourth-order valence-corrected chi connectivity index (χ4v) is 0.895. The van der Waals surface area contributed by atoms with E-state index in [1.807, 2.05) is 0 Å². The zero-order chi connectivity index (χ0) is 5.28. The molecule has 0 aliphatic carbocycles. The lowest BCUT2D eigenvalue weighted by molar-refractivity contribution is 0.318. The second kappa shape index (κ2) is 6.11. The van der Waals surface area contributed by atoms with Crippen LogP contribution in [0.3, 0.4) is 0 Å². The first-order valence-corrected chi connectivity index (χ1v) is 2.66. The summed E-state index contributed by atoms with van der Waals surface area (Å²) in [5.41, 5.74) is 0. The van der Waals surface area contributed by atoms with Gasteiger partial charge in [-0.05, 0) is 14.1 Å². The minimum Gasteiger partial charge on any atom is -0.292 e. The van der Waals surface area contributed by atoms with E-state index in [-0.39, 0.29) is 48.0 Å². The maximum Gasteiger partial charge on any atom is 0.0501 e. The van der Waals surface area contributed by atoms with Crippen molar-refractivity contribution in [1.82, 2.24) is 9.80 Å². The van der Waals surface area contributed by atoms with Gasteiger partial charge >= 0.3 is 0 Å². The lowest BCUT2D eigenvalue weighted by Gasteiger charge is -2.06. The van der Waals surface area contributed by atoms with Gasteiger partial charge in [0, 0.05) is 13.1 Å². The Morgan fingerprint density at radius 2 is 1.22 bits per heavy atom. The van der Waals surface area contributed by atoms with Gasteiger partial charge < -0.3 is 0 Å². The maximum atomic E-state index is 2.31. The summed E-state index contributed by atoms with van der Waals surface area (Å²) >= 11 is 0. The van der Waals surface area contributed by atoms with Crippen molar-refractivity contribution < 1.29 is 0 Å². The molecule has 0 N–H and O–H groups in total. The van der Waals surface area contributed by atoms with Gasteiger partial charge in [0.25, 0.3) is 0 Å². The zero-order valence-corrected chi connectivity index (χ0v) is 10.5. The van der Waals surface area contributed by atoms with Gasteiger partial charge in [-0.1, -0.05) is 0 Å². The quantitative estimate of drug-likeness (QED) is 0.599. The summed E-state index contributed by atoms with van der Waals surface area (Å²) < 4.78 is 0. The number of hydrogen-bond acceptors (Lipinski definition) is 2. The first kappa shape index (κ1) is 13.0. The van der Waals surface area contributed by atoms with E-state index in [0.717, 1.165) is 6.67 Å². The van der Waals surface area contributed by atoms with Crippen molar-refractivity contribution in [2.24, 2.45) is 0 Å². The lowest BCUT2D eigenvalue weighted by atomic mass is 10.6. The minimum absolute atomic E-state index is 0. The second-order valence-corrected chi connectivity index (χ2v) is 2.30. The number of nitrogens with zero attached hydrogens (tertiary/aromatic N) is 2. The summed E-state index contributed by atoms with van der Waals surface area (Å²) in [6.07, 6.45) is 0. The summed E-state index contributed by atoms with van der Waals surface area (Å²) in [6, 6.07) is 0. The number of halogens is 2. The third-order valence-corrected chi connectivity index (χ3v) is 1.35. The van der Waals surface area contributed by atoms with Gasteiger partial charge in [0.1, 0.15) is 0 Å². The molecule has 0 amide bonds. The molecular formula is C5H14I2N2. The van der Waals surface area contributed by atoms with E-state index in [2.05, 4.69) is 23.9 Å². The van der Waals surface area contributed by atoms with Crippen molar-refractivity contribution in [1.29, 1.82) is 0 Å². The zero-order valence-electron chi connectivity index (χ0n) is 5.83. The number of rotatable bonds is 0. The summed E-state index contributed by atoms with van der Waals surface area (Å²) in [4.78, 5) is 4.61. The molecule has 0 atom stereocenters. The molecule has 0 bridgehead atoms. The molecule has 9 heavy (non-hydrogen) atoms. The number of hydrogen-bond donors (Lipinski definition) is 0. The van der Waals surface area contributed by atoms with Gasteiger partial charge in [-0.25, -0.2) is 0 Å². The predicted molar refractivity (Wildman–Crippen MR) is 61.0 cm³/mol. The van der Waals surface area contributed by atoms with Gasteiger partial charge in [-0.15, -0.1) is 48.0 Å². The summed E-state index contributed by atoms with van der Waals surface area (Å²) in [6.45, 7) is 3.60. The van der Waals surface area contributed by atoms with E-state index in [4.69, 9.17) is 0 Å². The topological polar surface area (TPSA) is 6.48 Å². The van der Waals surface area contributed by atoms with Crippen molar-refractivity contribution in [2.45, 2.75) is 0 Å². The lowest BCUT2D eigenvalue weighted by Crippen LogP contribution is -2.17. The summed E-state index contributed by atoms with van der Waals surface area (Å²) in [5, 5.41) is 0. The fourth-order valence-electron chi connectivity index (χ4n) is 0.895. The molecule has 0 unspecified atom stereocenters. The van der Waals surface area contributed by atoms with E-state index in [0.29, 0.717) is 0 Å². The molecule has 2 nitrogen and oxygen atoms in total. The molecule has 1 saturated heterocycles. The van der Waals surface area contributed by atoms with Crippen molar-refractivity contribution in [3.05, 3.63) is 0 Å². The van der Waals surface area contributed by atoms with Crippen LogP contribution in [0.1, 0.15) is 0 Å². The highest BCUT2D eigenvalue weighted by Gasteiger charge is 2.09. The normalized spacial score (nSPS) is 20.7. The summed E-state index contributed by atoms with van der Waals surface area (Å²) in [5.74, 6) is 0. The Kier molecular flexibility index (Phi) is 8.83. The third-order valence-electron chi connectivity index (χ3n) is 1.35. The molecule has 1 heterocycles. The molecule has 58 valence electrons. The third kappa shape index (κ3) is 4.74. The molecule has 1 rings (SSSR count). The second-order valence-electron chi connectivity index (χ2n) is 2.30. The van der Waals surface area contributed by atoms with Crippen LogP contribution in [-0.2, 0) is 0 Å². The van der Waals surface area contributed by atoms with Crippen LogP contribution in [-0.4, -0.2) is 43.7 Å². The SMILES string of the molecule is CN1CCN(C)C1.I.I. The molecule has 1 fully saturated rings. The van der Waals surface area contributed by atoms with E-state index in [1.165, 1.54) is 13.1 Å². The van der Waals surface area contributed by atoms with Crippen LogP contribution >= 0.6 is 48.0 Å². The van der Waals surface area contributed by atoms with E-state index < -0.39 is 0 Å². The van der Waals surface area contributed by atoms with Crippen LogP contribution in [0.4, 0.5) is 0 Å². The maximum absolute atomic E-state index is 2.31. The molecule has 0 aromatic rings. The van der Waals surface area contributed by atoms with Crippen LogP contribution in [0.5, 0.6) is 0 Å². The Hall–Kier alpha value is 1.38. The van der Waals surface area contributed by atoms with Crippen molar-refractivity contribution >= 4 is 48.0 Å². The molecule has 1 aliphatic heterocycles. The average Bonchev–Trinajstić information content (AvgIpc) is 1.87. The Labute approximate surface area is 91.0 Å². The molecule has 0 aromatic carbocycles. The van der Waals surface area contributed by atoms with Gasteiger partial charge in [-0.2, -0.15) is 0 Å². The van der Waals surface area contributed by atoms with E-state index in [9.17, 15) is 0 Å². The Morgan fingerprint density at radius 3 is 1.33 bits per heavy atom. The Bertz CT molecular complexity index is 62.0. The molecule has 0 radical (unpaired) electrons. The van der Waals surface area contributed by atoms with Crippen LogP contribution < -0.4 is 0 Å². The predicted octanol–water partition coefficient (Wildman–Crippen LogP) is 1.06. The summed E-state index contributed by atoms with van der Waals surface area (Å²) in [7, 11) is 4.28. The fraction of sp³-hybridized carbons (Fsp3) is 1.00. The van der Waals surface area contributed by atoms with Crippen molar-refractivity contribution in [3.8, 4) is 0 Å². The average molecular weight is 356 g/mol. The first-order chi connectivity index (χ1) is 3.29.